The van der Waals surface area contributed by atoms with E-state index in [1.807, 2.05) is 0 Å². The normalized spacial score (nSPS) is 25.9. The van der Waals surface area contributed by atoms with Crippen LogP contribution in [-0.2, 0) is 4.74 Å². The number of halogens is 2. The standard InChI is InChI=1S/C15H19Cl2NO2/c1-3-6-15(8-11(20-2)9-18-15)14(19)10-4-5-12(16)13(17)7-10/h4-5,7,11,18H,3,6,8-9H2,1-2H3/t11?,15-/m1/s1. The molecule has 5 heteroatoms. The molecule has 1 aliphatic heterocycles. The van der Waals surface area contributed by atoms with Crippen molar-refractivity contribution in [3.8, 4) is 0 Å². The van der Waals surface area contributed by atoms with E-state index in [1.54, 1.807) is 25.3 Å². The molecule has 1 N–H and O–H groups in total. The number of benzene rings is 1. The third kappa shape index (κ3) is 3.01. The van der Waals surface area contributed by atoms with Gasteiger partial charge in [0.2, 0.25) is 0 Å². The van der Waals surface area contributed by atoms with Crippen LogP contribution < -0.4 is 5.32 Å². The Kier molecular flexibility index (Phi) is 5.08. The van der Waals surface area contributed by atoms with Gasteiger partial charge in [-0.25, -0.2) is 0 Å². The van der Waals surface area contributed by atoms with Gasteiger partial charge in [0.05, 0.1) is 21.7 Å². The summed E-state index contributed by atoms with van der Waals surface area (Å²) in [7, 11) is 1.68. The Balaban J connectivity index is 2.29. The van der Waals surface area contributed by atoms with Crippen LogP contribution in [0, 0.1) is 0 Å². The van der Waals surface area contributed by atoms with E-state index in [2.05, 4.69) is 12.2 Å². The Morgan fingerprint density at radius 1 is 1.45 bits per heavy atom. The van der Waals surface area contributed by atoms with Gasteiger partial charge in [-0.1, -0.05) is 36.5 Å². The summed E-state index contributed by atoms with van der Waals surface area (Å²) in [6.07, 6.45) is 2.48. The van der Waals surface area contributed by atoms with E-state index >= 15 is 0 Å². The second-order valence-corrected chi connectivity index (χ2v) is 6.05. The minimum Gasteiger partial charge on any atom is -0.380 e. The molecular weight excluding hydrogens is 297 g/mol. The highest BCUT2D eigenvalue weighted by Crippen LogP contribution is 2.32. The van der Waals surface area contributed by atoms with E-state index in [1.165, 1.54) is 0 Å². The molecule has 2 rings (SSSR count). The minimum atomic E-state index is -0.549. The van der Waals surface area contributed by atoms with E-state index in [0.717, 1.165) is 12.8 Å². The third-order valence-electron chi connectivity index (χ3n) is 3.87. The van der Waals surface area contributed by atoms with Gasteiger partial charge in [0.25, 0.3) is 0 Å². The van der Waals surface area contributed by atoms with Crippen LogP contribution >= 0.6 is 23.2 Å². The van der Waals surface area contributed by atoms with Gasteiger partial charge in [0.1, 0.15) is 0 Å². The molecule has 1 fully saturated rings. The molecule has 1 aliphatic rings. The number of carbonyl (C=O) groups is 1. The van der Waals surface area contributed by atoms with Crippen LogP contribution in [0.25, 0.3) is 0 Å². The first kappa shape index (κ1) is 15.8. The number of rotatable bonds is 5. The summed E-state index contributed by atoms with van der Waals surface area (Å²) < 4.78 is 5.38. The van der Waals surface area contributed by atoms with Crippen molar-refractivity contribution in [3.63, 3.8) is 0 Å². The lowest BCUT2D eigenvalue weighted by atomic mass is 9.83. The largest absolute Gasteiger partial charge is 0.380 e. The van der Waals surface area contributed by atoms with E-state index < -0.39 is 5.54 Å². The summed E-state index contributed by atoms with van der Waals surface area (Å²) in [5, 5.41) is 4.22. The number of carbonyl (C=O) groups excluding carboxylic acids is 1. The lowest BCUT2D eigenvalue weighted by molar-refractivity contribution is 0.0801. The molecule has 0 saturated carbocycles. The van der Waals surface area contributed by atoms with Gasteiger partial charge in [-0.2, -0.15) is 0 Å². The van der Waals surface area contributed by atoms with Crippen molar-refractivity contribution in [2.45, 2.75) is 37.8 Å². The predicted molar refractivity (Wildman–Crippen MR) is 81.8 cm³/mol. The lowest BCUT2D eigenvalue weighted by Crippen LogP contribution is -2.47. The van der Waals surface area contributed by atoms with Crippen molar-refractivity contribution in [3.05, 3.63) is 33.8 Å². The minimum absolute atomic E-state index is 0.0671. The molecule has 1 aromatic rings. The van der Waals surface area contributed by atoms with E-state index in [4.69, 9.17) is 27.9 Å². The number of nitrogens with one attached hydrogen (secondary N) is 1. The first-order valence-corrected chi connectivity index (χ1v) is 7.55. The van der Waals surface area contributed by atoms with Gasteiger partial charge in [-0.05, 0) is 24.6 Å². The molecule has 1 aromatic carbocycles. The van der Waals surface area contributed by atoms with Crippen molar-refractivity contribution in [2.24, 2.45) is 0 Å². The van der Waals surface area contributed by atoms with Gasteiger partial charge < -0.3 is 10.1 Å². The Bertz CT molecular complexity index is 507. The number of ether oxygens (including phenoxy) is 1. The maximum atomic E-state index is 12.9. The molecule has 110 valence electrons. The van der Waals surface area contributed by atoms with Gasteiger partial charge in [-0.15, -0.1) is 0 Å². The van der Waals surface area contributed by atoms with E-state index in [9.17, 15) is 4.79 Å². The van der Waals surface area contributed by atoms with Crippen LogP contribution in [0.5, 0.6) is 0 Å². The number of ketones is 1. The lowest BCUT2D eigenvalue weighted by Gasteiger charge is -2.28. The fourth-order valence-electron chi connectivity index (χ4n) is 2.83. The molecule has 20 heavy (non-hydrogen) atoms. The van der Waals surface area contributed by atoms with Gasteiger partial charge in [0.15, 0.2) is 5.78 Å². The summed E-state index contributed by atoms with van der Waals surface area (Å²) >= 11 is 11.9. The summed E-state index contributed by atoms with van der Waals surface area (Å²) in [4.78, 5) is 12.9. The second-order valence-electron chi connectivity index (χ2n) is 5.23. The Morgan fingerprint density at radius 2 is 2.20 bits per heavy atom. The smallest absolute Gasteiger partial charge is 0.183 e. The molecule has 3 nitrogen and oxygen atoms in total. The van der Waals surface area contributed by atoms with Gasteiger partial charge >= 0.3 is 0 Å². The zero-order chi connectivity index (χ0) is 14.8. The first-order chi connectivity index (χ1) is 9.52. The summed E-state index contributed by atoms with van der Waals surface area (Å²) in [5.74, 6) is 0.0671. The molecule has 1 saturated heterocycles. The molecule has 0 amide bonds. The van der Waals surface area contributed by atoms with Crippen molar-refractivity contribution in [1.29, 1.82) is 0 Å². The van der Waals surface area contributed by atoms with Crippen LogP contribution in [0.15, 0.2) is 18.2 Å². The van der Waals surface area contributed by atoms with Crippen LogP contribution in [0.4, 0.5) is 0 Å². The second kappa shape index (κ2) is 6.44. The number of Topliss-reactive ketones (excluding diaryl/α,β-unsaturated/α-hetero) is 1. The molecule has 1 unspecified atom stereocenters. The van der Waals surface area contributed by atoms with Crippen LogP contribution in [0.3, 0.4) is 0 Å². The molecule has 2 atom stereocenters. The van der Waals surface area contributed by atoms with Crippen molar-refractivity contribution >= 4 is 29.0 Å². The predicted octanol–water partition coefficient (Wildman–Crippen LogP) is 3.72. The SMILES string of the molecule is CCC[C@]1(C(=O)c2ccc(Cl)c(Cl)c2)CC(OC)CN1. The van der Waals surface area contributed by atoms with Crippen molar-refractivity contribution in [1.82, 2.24) is 5.32 Å². The number of hydrogen-bond acceptors (Lipinski definition) is 3. The Morgan fingerprint density at radius 3 is 2.75 bits per heavy atom. The highest BCUT2D eigenvalue weighted by atomic mass is 35.5. The molecular formula is C15H19Cl2NO2. The fraction of sp³-hybridized carbons (Fsp3) is 0.533. The van der Waals surface area contributed by atoms with Gasteiger partial charge in [-0.3, -0.25) is 4.79 Å². The van der Waals surface area contributed by atoms with Crippen molar-refractivity contribution in [2.75, 3.05) is 13.7 Å². The maximum absolute atomic E-state index is 12.9. The number of hydrogen-bond donors (Lipinski definition) is 1. The fourth-order valence-corrected chi connectivity index (χ4v) is 3.12. The zero-order valence-electron chi connectivity index (χ0n) is 11.7. The average Bonchev–Trinajstić information content (AvgIpc) is 2.86. The molecule has 0 radical (unpaired) electrons. The summed E-state index contributed by atoms with van der Waals surface area (Å²) in [5.41, 5.74) is 0.0455. The molecule has 0 aromatic heterocycles. The van der Waals surface area contributed by atoms with Crippen LogP contribution in [0.1, 0.15) is 36.5 Å². The molecule has 0 aliphatic carbocycles. The maximum Gasteiger partial charge on any atom is 0.183 e. The average molecular weight is 316 g/mol. The van der Waals surface area contributed by atoms with Crippen LogP contribution in [0.2, 0.25) is 10.0 Å². The van der Waals surface area contributed by atoms with Crippen LogP contribution in [-0.4, -0.2) is 31.1 Å². The topological polar surface area (TPSA) is 38.3 Å². The highest BCUT2D eigenvalue weighted by Gasteiger charge is 2.44. The number of methoxy groups -OCH3 is 1. The van der Waals surface area contributed by atoms with E-state index in [-0.39, 0.29) is 11.9 Å². The van der Waals surface area contributed by atoms with E-state index in [0.29, 0.717) is 28.6 Å². The molecule has 0 bridgehead atoms. The van der Waals surface area contributed by atoms with Gasteiger partial charge in [0, 0.05) is 25.6 Å². The zero-order valence-corrected chi connectivity index (χ0v) is 13.2. The Hall–Kier alpha value is -0.610. The Labute approximate surface area is 129 Å². The monoisotopic (exact) mass is 315 g/mol. The summed E-state index contributed by atoms with van der Waals surface area (Å²) in [6, 6.07) is 5.04. The first-order valence-electron chi connectivity index (χ1n) is 6.80. The quantitative estimate of drug-likeness (QED) is 0.841. The van der Waals surface area contributed by atoms with Crippen molar-refractivity contribution < 1.29 is 9.53 Å². The molecule has 0 spiro atoms. The summed E-state index contributed by atoms with van der Waals surface area (Å²) in [6.45, 7) is 2.77. The third-order valence-corrected chi connectivity index (χ3v) is 4.61. The molecule has 1 heterocycles. The highest BCUT2D eigenvalue weighted by molar-refractivity contribution is 6.42.